The van der Waals surface area contributed by atoms with Gasteiger partial charge in [0.25, 0.3) is 0 Å². The number of ether oxygens (including phenoxy) is 1. The quantitative estimate of drug-likeness (QED) is 0.208. The van der Waals surface area contributed by atoms with Crippen LogP contribution in [-0.2, 0) is 9.53 Å². The lowest BCUT2D eigenvalue weighted by molar-refractivity contribution is -0.140. The van der Waals surface area contributed by atoms with Crippen LogP contribution in [0.25, 0.3) is 0 Å². The smallest absolute Gasteiger partial charge is 0.305 e. The molecule has 0 spiro atoms. The van der Waals surface area contributed by atoms with E-state index in [4.69, 9.17) is 0 Å². The van der Waals surface area contributed by atoms with E-state index in [1.807, 2.05) is 24.3 Å². The third-order valence-corrected chi connectivity index (χ3v) is 8.19. The average Bonchev–Trinajstić information content (AvgIpc) is 3.00. The molecule has 1 aliphatic carbocycles. The molecule has 1 aromatic carbocycles. The summed E-state index contributed by atoms with van der Waals surface area (Å²) in [7, 11) is 1.41. The van der Waals surface area contributed by atoms with Crippen molar-refractivity contribution in [2.75, 3.05) is 12.9 Å². The van der Waals surface area contributed by atoms with Gasteiger partial charge in [0.15, 0.2) is 0 Å². The number of esters is 1. The van der Waals surface area contributed by atoms with Gasteiger partial charge in [0.2, 0.25) is 0 Å². The van der Waals surface area contributed by atoms with Crippen LogP contribution < -0.4 is 0 Å². The summed E-state index contributed by atoms with van der Waals surface area (Å²) in [5.41, 5.74) is 0. The number of benzene rings is 1. The number of methoxy groups -OCH3 is 1. The molecule has 1 saturated carbocycles. The number of halogens is 1. The minimum Gasteiger partial charge on any atom is -0.469 e. The number of aliphatic hydroxyl groups excluding tert-OH is 3. The van der Waals surface area contributed by atoms with Gasteiger partial charge in [0, 0.05) is 21.5 Å². The molecule has 1 aromatic rings. The summed E-state index contributed by atoms with van der Waals surface area (Å²) in [6.07, 6.45) is 5.50. The summed E-state index contributed by atoms with van der Waals surface area (Å²) in [5, 5.41) is 31.2. The van der Waals surface area contributed by atoms with Crippen molar-refractivity contribution in [1.82, 2.24) is 0 Å². The molecule has 0 heterocycles. The summed E-state index contributed by atoms with van der Waals surface area (Å²) in [6.45, 7) is 0. The highest BCUT2D eigenvalue weighted by Gasteiger charge is 2.40. The Balaban J connectivity index is 1.70. The highest BCUT2D eigenvalue weighted by molar-refractivity contribution is 9.10. The van der Waals surface area contributed by atoms with E-state index in [9.17, 15) is 20.1 Å². The Hall–Kier alpha value is -0.600. The topological polar surface area (TPSA) is 87.0 Å². The first-order valence-corrected chi connectivity index (χ1v) is 12.7. The van der Waals surface area contributed by atoms with E-state index in [0.29, 0.717) is 25.0 Å². The number of carbonyl (C=O) groups excluding carboxylic acids is 1. The van der Waals surface area contributed by atoms with Gasteiger partial charge in [-0.3, -0.25) is 4.79 Å². The second kappa shape index (κ2) is 13.7. The summed E-state index contributed by atoms with van der Waals surface area (Å²) < 4.78 is 5.68. The molecule has 1 fully saturated rings. The predicted molar refractivity (Wildman–Crippen MR) is 123 cm³/mol. The van der Waals surface area contributed by atoms with E-state index in [1.54, 1.807) is 11.8 Å². The fraction of sp³-hybridized carbons (Fsp3) is 0.696. The first-order chi connectivity index (χ1) is 14.4. The van der Waals surface area contributed by atoms with Crippen LogP contribution in [0.15, 0.2) is 33.6 Å². The molecule has 30 heavy (non-hydrogen) atoms. The maximum Gasteiger partial charge on any atom is 0.305 e. The maximum absolute atomic E-state index is 11.1. The third kappa shape index (κ3) is 8.50. The van der Waals surface area contributed by atoms with Crippen LogP contribution in [0.2, 0.25) is 0 Å². The summed E-state index contributed by atoms with van der Waals surface area (Å²) in [6, 6.07) is 7.97. The van der Waals surface area contributed by atoms with Gasteiger partial charge in [-0.1, -0.05) is 31.4 Å². The first kappa shape index (κ1) is 25.7. The molecule has 3 N–H and O–H groups in total. The fourth-order valence-electron chi connectivity index (χ4n) is 4.30. The Labute approximate surface area is 192 Å². The molecule has 5 nitrogen and oxygen atoms in total. The van der Waals surface area contributed by atoms with Crippen molar-refractivity contribution in [1.29, 1.82) is 0 Å². The zero-order valence-corrected chi connectivity index (χ0v) is 20.1. The van der Waals surface area contributed by atoms with E-state index >= 15 is 0 Å². The van der Waals surface area contributed by atoms with Gasteiger partial charge in [-0.25, -0.2) is 0 Å². The van der Waals surface area contributed by atoms with Gasteiger partial charge in [0.05, 0.1) is 25.4 Å². The van der Waals surface area contributed by atoms with E-state index in [1.165, 1.54) is 7.11 Å². The second-order valence-corrected chi connectivity index (χ2v) is 10.1. The molecule has 0 amide bonds. The molecule has 0 radical (unpaired) electrons. The SMILES string of the molecule is COC(=O)CCCCCCC1C(O)CC(O)C1CCC(O)CSc1ccccc1Br. The molecular weight excluding hydrogens is 468 g/mol. The van der Waals surface area contributed by atoms with Crippen LogP contribution >= 0.6 is 27.7 Å². The van der Waals surface area contributed by atoms with E-state index in [2.05, 4.69) is 20.7 Å². The summed E-state index contributed by atoms with van der Waals surface area (Å²) in [5.74, 6) is 0.571. The molecule has 0 aliphatic heterocycles. The standard InChI is InChI=1S/C23H35BrO5S/c1-29-23(28)11-5-3-2-4-8-17-18(21(27)14-20(17)26)13-12-16(25)15-30-22-10-7-6-9-19(22)24/h6-7,9-10,16-18,20-21,25-27H,2-5,8,11-15H2,1H3. The minimum absolute atomic E-state index is 0.0400. The normalized spacial score (nSPS) is 24.7. The molecule has 170 valence electrons. The molecule has 5 unspecified atom stereocenters. The molecule has 7 heteroatoms. The van der Waals surface area contributed by atoms with Crippen LogP contribution in [0, 0.1) is 11.8 Å². The van der Waals surface area contributed by atoms with Crippen molar-refractivity contribution in [3.63, 3.8) is 0 Å². The highest BCUT2D eigenvalue weighted by atomic mass is 79.9. The Kier molecular flexibility index (Phi) is 11.7. The van der Waals surface area contributed by atoms with Gasteiger partial charge >= 0.3 is 5.97 Å². The average molecular weight is 503 g/mol. The Morgan fingerprint density at radius 2 is 1.80 bits per heavy atom. The monoisotopic (exact) mass is 502 g/mol. The molecule has 0 aromatic heterocycles. The lowest BCUT2D eigenvalue weighted by Crippen LogP contribution is -2.24. The Morgan fingerprint density at radius 3 is 2.50 bits per heavy atom. The number of unbranched alkanes of at least 4 members (excludes halogenated alkanes) is 3. The van der Waals surface area contributed by atoms with Gasteiger partial charge in [-0.2, -0.15) is 0 Å². The molecule has 2 rings (SSSR count). The highest BCUT2D eigenvalue weighted by Crippen LogP contribution is 2.39. The van der Waals surface area contributed by atoms with Gasteiger partial charge < -0.3 is 20.1 Å². The predicted octanol–water partition coefficient (Wildman–Crippen LogP) is 4.55. The van der Waals surface area contributed by atoms with Crippen LogP contribution in [0.3, 0.4) is 0 Å². The summed E-state index contributed by atoms with van der Waals surface area (Å²) >= 11 is 5.15. The van der Waals surface area contributed by atoms with Gasteiger partial charge in [-0.05, 0) is 72.0 Å². The van der Waals surface area contributed by atoms with Gasteiger partial charge in [-0.15, -0.1) is 11.8 Å². The number of thioether (sulfide) groups is 1. The largest absolute Gasteiger partial charge is 0.469 e. The fourth-order valence-corrected chi connectivity index (χ4v) is 5.85. The molecule has 0 saturated heterocycles. The minimum atomic E-state index is -0.493. The zero-order chi connectivity index (χ0) is 21.9. The van der Waals surface area contributed by atoms with Crippen LogP contribution in [0.4, 0.5) is 0 Å². The van der Waals surface area contributed by atoms with Crippen molar-refractivity contribution in [3.8, 4) is 0 Å². The molecular formula is C23H35BrO5S. The van der Waals surface area contributed by atoms with Gasteiger partial charge in [0.1, 0.15) is 0 Å². The van der Waals surface area contributed by atoms with Crippen LogP contribution in [0.5, 0.6) is 0 Å². The number of rotatable bonds is 13. The number of hydrogen-bond donors (Lipinski definition) is 3. The maximum atomic E-state index is 11.1. The van der Waals surface area contributed by atoms with Crippen molar-refractivity contribution < 1.29 is 24.9 Å². The van der Waals surface area contributed by atoms with Crippen LogP contribution in [0.1, 0.15) is 57.8 Å². The van der Waals surface area contributed by atoms with Crippen molar-refractivity contribution in [3.05, 3.63) is 28.7 Å². The lowest BCUT2D eigenvalue weighted by atomic mass is 9.85. The molecule has 0 bridgehead atoms. The van der Waals surface area contributed by atoms with Crippen molar-refractivity contribution in [2.45, 2.75) is 81.0 Å². The Bertz CT molecular complexity index is 644. The third-order valence-electron chi connectivity index (χ3n) is 6.02. The first-order valence-electron chi connectivity index (χ1n) is 10.9. The van der Waals surface area contributed by atoms with E-state index < -0.39 is 18.3 Å². The molecule has 5 atom stereocenters. The van der Waals surface area contributed by atoms with E-state index in [0.717, 1.165) is 47.9 Å². The number of carbonyl (C=O) groups is 1. The number of hydrogen-bond acceptors (Lipinski definition) is 6. The summed E-state index contributed by atoms with van der Waals surface area (Å²) in [4.78, 5) is 12.2. The van der Waals surface area contributed by atoms with Crippen LogP contribution in [-0.4, -0.2) is 52.5 Å². The lowest BCUT2D eigenvalue weighted by Gasteiger charge is -2.24. The molecule has 1 aliphatic rings. The Morgan fingerprint density at radius 1 is 1.13 bits per heavy atom. The number of aliphatic hydroxyl groups is 3. The zero-order valence-electron chi connectivity index (χ0n) is 17.7. The van der Waals surface area contributed by atoms with Crippen molar-refractivity contribution in [2.24, 2.45) is 11.8 Å². The van der Waals surface area contributed by atoms with Crippen molar-refractivity contribution >= 4 is 33.7 Å². The second-order valence-electron chi connectivity index (χ2n) is 8.20. The van der Waals surface area contributed by atoms with E-state index in [-0.39, 0.29) is 17.8 Å².